The maximum Gasteiger partial charge on any atom is 0.253 e. The van der Waals surface area contributed by atoms with E-state index in [9.17, 15) is 13.2 Å². The summed E-state index contributed by atoms with van der Waals surface area (Å²) in [6, 6.07) is 6.46. The lowest BCUT2D eigenvalue weighted by Crippen LogP contribution is -2.41. The molecule has 2 saturated heterocycles. The van der Waals surface area contributed by atoms with Gasteiger partial charge in [-0.25, -0.2) is 8.42 Å². The van der Waals surface area contributed by atoms with Crippen molar-refractivity contribution in [2.75, 3.05) is 19.6 Å². The second-order valence-electron chi connectivity index (χ2n) is 6.48. The summed E-state index contributed by atoms with van der Waals surface area (Å²) < 4.78 is 27.1. The first kappa shape index (κ1) is 16.5. The zero-order valence-corrected chi connectivity index (χ0v) is 14.4. The Morgan fingerprint density at radius 3 is 2.22 bits per heavy atom. The molecule has 1 aromatic carbocycles. The highest BCUT2D eigenvalue weighted by Gasteiger charge is 2.31. The molecule has 126 valence electrons. The van der Waals surface area contributed by atoms with Crippen molar-refractivity contribution in [3.8, 4) is 0 Å². The van der Waals surface area contributed by atoms with E-state index in [0.29, 0.717) is 12.1 Å². The molecule has 5 nitrogen and oxygen atoms in total. The van der Waals surface area contributed by atoms with Gasteiger partial charge in [0.05, 0.1) is 4.90 Å². The molecule has 6 heteroatoms. The maximum absolute atomic E-state index is 12.8. The third-order valence-electron chi connectivity index (χ3n) is 4.84. The molecule has 23 heavy (non-hydrogen) atoms. The fourth-order valence-electron chi connectivity index (χ4n) is 3.44. The fourth-order valence-corrected chi connectivity index (χ4v) is 5.14. The van der Waals surface area contributed by atoms with E-state index in [4.69, 9.17) is 0 Å². The zero-order valence-electron chi connectivity index (χ0n) is 13.6. The van der Waals surface area contributed by atoms with E-state index >= 15 is 0 Å². The molecular weight excluding hydrogens is 312 g/mol. The molecule has 0 spiro atoms. The number of hydrogen-bond donors (Lipinski definition) is 0. The Bertz CT molecular complexity index is 664. The molecule has 0 aromatic heterocycles. The topological polar surface area (TPSA) is 57.7 Å². The number of sulfonamides is 1. The minimum Gasteiger partial charge on any atom is -0.339 e. The van der Waals surface area contributed by atoms with E-state index in [1.807, 2.05) is 11.8 Å². The number of amides is 1. The average molecular weight is 336 g/mol. The molecule has 0 radical (unpaired) electrons. The van der Waals surface area contributed by atoms with Crippen molar-refractivity contribution in [3.05, 3.63) is 29.8 Å². The van der Waals surface area contributed by atoms with Gasteiger partial charge < -0.3 is 4.90 Å². The van der Waals surface area contributed by atoms with Crippen molar-refractivity contribution in [2.24, 2.45) is 0 Å². The molecule has 3 rings (SSSR count). The predicted molar refractivity (Wildman–Crippen MR) is 88.8 cm³/mol. The minimum absolute atomic E-state index is 0.00205. The Morgan fingerprint density at radius 2 is 1.61 bits per heavy atom. The summed E-state index contributed by atoms with van der Waals surface area (Å²) in [6.07, 6.45) is 4.99. The first-order chi connectivity index (χ1) is 11.0. The van der Waals surface area contributed by atoms with Gasteiger partial charge in [0.15, 0.2) is 0 Å². The molecule has 0 N–H and O–H groups in total. The second kappa shape index (κ2) is 6.61. The minimum atomic E-state index is -3.46. The van der Waals surface area contributed by atoms with Crippen LogP contribution in [0, 0.1) is 0 Å². The highest BCUT2D eigenvalue weighted by Crippen LogP contribution is 2.25. The normalized spacial score (nSPS) is 23.2. The summed E-state index contributed by atoms with van der Waals surface area (Å²) in [5, 5.41) is 0. The number of rotatable bonds is 3. The smallest absolute Gasteiger partial charge is 0.253 e. The predicted octanol–water partition coefficient (Wildman–Crippen LogP) is 2.49. The van der Waals surface area contributed by atoms with E-state index in [1.54, 1.807) is 28.6 Å². The van der Waals surface area contributed by atoms with Gasteiger partial charge in [0.1, 0.15) is 0 Å². The van der Waals surface area contributed by atoms with Crippen LogP contribution >= 0.6 is 0 Å². The van der Waals surface area contributed by atoms with E-state index in [0.717, 1.165) is 45.2 Å². The van der Waals surface area contributed by atoms with Crippen LogP contribution in [0.3, 0.4) is 0 Å². The fraction of sp³-hybridized carbons (Fsp3) is 0.588. The highest BCUT2D eigenvalue weighted by atomic mass is 32.2. The van der Waals surface area contributed by atoms with Crippen LogP contribution in [-0.2, 0) is 10.0 Å². The molecule has 2 aliphatic rings. The van der Waals surface area contributed by atoms with Crippen molar-refractivity contribution in [3.63, 3.8) is 0 Å². The number of carbonyl (C=O) groups is 1. The number of carbonyl (C=O) groups excluding carboxylic acids is 1. The number of piperidine rings is 1. The van der Waals surface area contributed by atoms with Crippen LogP contribution in [0.1, 0.15) is 49.4 Å². The van der Waals surface area contributed by atoms with Gasteiger partial charge in [0.2, 0.25) is 10.0 Å². The molecule has 2 aliphatic heterocycles. The largest absolute Gasteiger partial charge is 0.339 e. The zero-order chi connectivity index (χ0) is 16.4. The molecule has 1 amide bonds. The van der Waals surface area contributed by atoms with Crippen LogP contribution in [0.25, 0.3) is 0 Å². The number of nitrogens with zero attached hydrogens (tertiary/aromatic N) is 2. The van der Waals surface area contributed by atoms with E-state index in [1.165, 1.54) is 0 Å². The molecule has 0 bridgehead atoms. The highest BCUT2D eigenvalue weighted by molar-refractivity contribution is 7.89. The first-order valence-corrected chi connectivity index (χ1v) is 9.85. The number of likely N-dealkylation sites (tertiary alicyclic amines) is 1. The summed E-state index contributed by atoms with van der Waals surface area (Å²) in [5.41, 5.74) is 0.567. The van der Waals surface area contributed by atoms with Gasteiger partial charge in [0.25, 0.3) is 5.91 Å². The lowest BCUT2D eigenvalue weighted by atomic mass is 10.1. The van der Waals surface area contributed by atoms with Gasteiger partial charge in [-0.3, -0.25) is 4.79 Å². The first-order valence-electron chi connectivity index (χ1n) is 8.41. The molecule has 0 saturated carbocycles. The summed E-state index contributed by atoms with van der Waals surface area (Å²) in [6.45, 7) is 4.13. The number of benzene rings is 1. The Morgan fingerprint density at radius 1 is 1.00 bits per heavy atom. The van der Waals surface area contributed by atoms with Gasteiger partial charge in [-0.2, -0.15) is 4.31 Å². The van der Waals surface area contributed by atoms with E-state index in [2.05, 4.69) is 0 Å². The van der Waals surface area contributed by atoms with E-state index < -0.39 is 10.0 Å². The van der Waals surface area contributed by atoms with Crippen molar-refractivity contribution < 1.29 is 13.2 Å². The molecule has 1 unspecified atom stereocenters. The molecule has 0 aliphatic carbocycles. The third kappa shape index (κ3) is 3.28. The lowest BCUT2D eigenvalue weighted by molar-refractivity contribution is 0.0792. The third-order valence-corrected chi connectivity index (χ3v) is 6.87. The SMILES string of the molecule is CC1CCCCN1S(=O)(=O)c1ccc(C(=O)N2CCCC2)cc1. The lowest BCUT2D eigenvalue weighted by Gasteiger charge is -2.32. The van der Waals surface area contributed by atoms with Gasteiger partial charge >= 0.3 is 0 Å². The summed E-state index contributed by atoms with van der Waals surface area (Å²) in [4.78, 5) is 14.4. The Kier molecular flexibility index (Phi) is 4.73. The van der Waals surface area contributed by atoms with Crippen molar-refractivity contribution >= 4 is 15.9 Å². The summed E-state index contributed by atoms with van der Waals surface area (Å²) in [7, 11) is -3.46. The molecular formula is C17H24N2O3S. The van der Waals surface area contributed by atoms with Crippen LogP contribution in [0.15, 0.2) is 29.2 Å². The van der Waals surface area contributed by atoms with Crippen LogP contribution in [-0.4, -0.2) is 49.2 Å². The Hall–Kier alpha value is -1.40. The molecule has 1 aromatic rings. The quantitative estimate of drug-likeness (QED) is 0.852. The monoisotopic (exact) mass is 336 g/mol. The van der Waals surface area contributed by atoms with Gasteiger partial charge in [-0.05, 0) is 56.9 Å². The van der Waals surface area contributed by atoms with Crippen LogP contribution < -0.4 is 0 Å². The second-order valence-corrected chi connectivity index (χ2v) is 8.37. The summed E-state index contributed by atoms with van der Waals surface area (Å²) >= 11 is 0. The molecule has 2 heterocycles. The van der Waals surface area contributed by atoms with Gasteiger partial charge in [-0.1, -0.05) is 6.42 Å². The maximum atomic E-state index is 12.8. The van der Waals surface area contributed by atoms with Crippen molar-refractivity contribution in [2.45, 2.75) is 50.0 Å². The number of hydrogen-bond acceptors (Lipinski definition) is 3. The standard InChI is InChI=1S/C17H24N2O3S/c1-14-6-2-3-13-19(14)23(21,22)16-9-7-15(8-10-16)17(20)18-11-4-5-12-18/h7-10,14H,2-6,11-13H2,1H3. The van der Waals surface area contributed by atoms with Crippen LogP contribution in [0.5, 0.6) is 0 Å². The average Bonchev–Trinajstić information content (AvgIpc) is 3.09. The Balaban J connectivity index is 1.79. The summed E-state index contributed by atoms with van der Waals surface area (Å²) in [5.74, 6) is -0.00205. The van der Waals surface area contributed by atoms with Gasteiger partial charge in [0, 0.05) is 31.2 Å². The van der Waals surface area contributed by atoms with Crippen molar-refractivity contribution in [1.82, 2.24) is 9.21 Å². The van der Waals surface area contributed by atoms with E-state index in [-0.39, 0.29) is 16.8 Å². The van der Waals surface area contributed by atoms with Crippen LogP contribution in [0.2, 0.25) is 0 Å². The molecule has 2 fully saturated rings. The molecule has 1 atom stereocenters. The Labute approximate surface area is 138 Å². The van der Waals surface area contributed by atoms with Crippen LogP contribution in [0.4, 0.5) is 0 Å². The van der Waals surface area contributed by atoms with Crippen molar-refractivity contribution in [1.29, 1.82) is 0 Å². The van der Waals surface area contributed by atoms with Gasteiger partial charge in [-0.15, -0.1) is 0 Å².